The van der Waals surface area contributed by atoms with Crippen LogP contribution in [0.3, 0.4) is 0 Å². The summed E-state index contributed by atoms with van der Waals surface area (Å²) >= 11 is 0. The SMILES string of the molecule is CCOc1cc2c(cc1OCC)C(c1cccc(Oc3ccccc3)c1)NCC2. The van der Waals surface area contributed by atoms with Crippen LogP contribution in [-0.4, -0.2) is 19.8 Å². The number of benzene rings is 3. The van der Waals surface area contributed by atoms with Gasteiger partial charge in [0.05, 0.1) is 19.3 Å². The average molecular weight is 389 g/mol. The van der Waals surface area contributed by atoms with Gasteiger partial charge in [0, 0.05) is 6.54 Å². The molecule has 4 rings (SSSR count). The van der Waals surface area contributed by atoms with E-state index in [-0.39, 0.29) is 6.04 Å². The zero-order valence-electron chi connectivity index (χ0n) is 17.0. The molecule has 4 nitrogen and oxygen atoms in total. The number of hydrogen-bond donors (Lipinski definition) is 1. The zero-order chi connectivity index (χ0) is 20.1. The van der Waals surface area contributed by atoms with Crippen molar-refractivity contribution in [3.05, 3.63) is 83.4 Å². The van der Waals surface area contributed by atoms with Crippen LogP contribution >= 0.6 is 0 Å². The monoisotopic (exact) mass is 389 g/mol. The summed E-state index contributed by atoms with van der Waals surface area (Å²) in [6.45, 7) is 6.14. The van der Waals surface area contributed by atoms with Crippen LogP contribution in [0.15, 0.2) is 66.7 Å². The molecule has 3 aromatic carbocycles. The van der Waals surface area contributed by atoms with E-state index in [9.17, 15) is 0 Å². The van der Waals surface area contributed by atoms with Crippen molar-refractivity contribution in [1.82, 2.24) is 5.32 Å². The third-order valence-electron chi connectivity index (χ3n) is 5.03. The summed E-state index contributed by atoms with van der Waals surface area (Å²) in [6.07, 6.45) is 0.971. The normalized spacial score (nSPS) is 15.4. The fourth-order valence-corrected chi connectivity index (χ4v) is 3.78. The zero-order valence-corrected chi connectivity index (χ0v) is 17.0. The molecule has 1 unspecified atom stereocenters. The van der Waals surface area contributed by atoms with Gasteiger partial charge in [-0.15, -0.1) is 0 Å². The highest BCUT2D eigenvalue weighted by Gasteiger charge is 2.24. The second kappa shape index (κ2) is 9.01. The molecule has 3 aromatic rings. The third-order valence-corrected chi connectivity index (χ3v) is 5.03. The maximum absolute atomic E-state index is 6.04. The summed E-state index contributed by atoms with van der Waals surface area (Å²) in [5.74, 6) is 3.30. The topological polar surface area (TPSA) is 39.7 Å². The van der Waals surface area contributed by atoms with Crippen molar-refractivity contribution in [2.45, 2.75) is 26.3 Å². The van der Waals surface area contributed by atoms with Gasteiger partial charge in [0.1, 0.15) is 11.5 Å². The van der Waals surface area contributed by atoms with Crippen LogP contribution in [-0.2, 0) is 6.42 Å². The number of para-hydroxylation sites is 1. The molecular weight excluding hydrogens is 362 g/mol. The molecule has 0 amide bonds. The van der Waals surface area contributed by atoms with Gasteiger partial charge in [-0.05, 0) is 73.4 Å². The summed E-state index contributed by atoms with van der Waals surface area (Å²) in [5, 5.41) is 3.65. The molecule has 4 heteroatoms. The Morgan fingerprint density at radius 3 is 2.31 bits per heavy atom. The van der Waals surface area contributed by atoms with E-state index in [1.165, 1.54) is 16.7 Å². The molecule has 0 radical (unpaired) electrons. The fraction of sp³-hybridized carbons (Fsp3) is 0.280. The van der Waals surface area contributed by atoms with Gasteiger partial charge < -0.3 is 19.5 Å². The first-order chi connectivity index (χ1) is 14.3. The highest BCUT2D eigenvalue weighted by molar-refractivity contribution is 5.52. The number of fused-ring (bicyclic) bond motifs is 1. The Balaban J connectivity index is 1.67. The van der Waals surface area contributed by atoms with Gasteiger partial charge in [-0.3, -0.25) is 0 Å². The van der Waals surface area contributed by atoms with Crippen LogP contribution in [0.1, 0.15) is 36.6 Å². The maximum atomic E-state index is 6.04. The van der Waals surface area contributed by atoms with Gasteiger partial charge in [0.25, 0.3) is 0 Å². The van der Waals surface area contributed by atoms with E-state index in [0.29, 0.717) is 13.2 Å². The molecule has 1 atom stereocenters. The lowest BCUT2D eigenvalue weighted by molar-refractivity contribution is 0.286. The molecule has 0 aliphatic carbocycles. The molecule has 1 aliphatic rings. The Labute approximate surface area is 172 Å². The first-order valence-electron chi connectivity index (χ1n) is 10.3. The predicted octanol–water partition coefficient (Wildman–Crippen LogP) is 5.51. The van der Waals surface area contributed by atoms with Crippen LogP contribution in [0.25, 0.3) is 0 Å². The van der Waals surface area contributed by atoms with Crippen molar-refractivity contribution in [3.8, 4) is 23.0 Å². The molecule has 0 fully saturated rings. The summed E-state index contributed by atoms with van der Waals surface area (Å²) in [4.78, 5) is 0. The fourth-order valence-electron chi connectivity index (χ4n) is 3.78. The van der Waals surface area contributed by atoms with E-state index in [1.54, 1.807) is 0 Å². The van der Waals surface area contributed by atoms with Crippen LogP contribution < -0.4 is 19.5 Å². The van der Waals surface area contributed by atoms with Gasteiger partial charge in [-0.25, -0.2) is 0 Å². The Hall–Kier alpha value is -2.98. The number of hydrogen-bond acceptors (Lipinski definition) is 4. The molecule has 0 saturated heterocycles. The van der Waals surface area contributed by atoms with Crippen LogP contribution in [0.4, 0.5) is 0 Å². The molecule has 0 bridgehead atoms. The van der Waals surface area contributed by atoms with Gasteiger partial charge >= 0.3 is 0 Å². The Bertz CT molecular complexity index is 956. The van der Waals surface area contributed by atoms with E-state index in [2.05, 4.69) is 29.6 Å². The maximum Gasteiger partial charge on any atom is 0.161 e. The Morgan fingerprint density at radius 1 is 0.828 bits per heavy atom. The van der Waals surface area contributed by atoms with E-state index in [4.69, 9.17) is 14.2 Å². The molecule has 150 valence electrons. The smallest absolute Gasteiger partial charge is 0.161 e. The van der Waals surface area contributed by atoms with E-state index >= 15 is 0 Å². The Kier molecular flexibility index (Phi) is 6.01. The average Bonchev–Trinajstić information content (AvgIpc) is 2.75. The standard InChI is InChI=1S/C25H27NO3/c1-3-27-23-16-18-13-14-26-25(22(18)17-24(23)28-4-2)19-9-8-12-21(15-19)29-20-10-6-5-7-11-20/h5-12,15-17,25-26H,3-4,13-14H2,1-2H3. The molecule has 0 aromatic heterocycles. The minimum Gasteiger partial charge on any atom is -0.490 e. The van der Waals surface area contributed by atoms with Gasteiger partial charge in [-0.2, -0.15) is 0 Å². The molecular formula is C25H27NO3. The van der Waals surface area contributed by atoms with Crippen molar-refractivity contribution >= 4 is 0 Å². The largest absolute Gasteiger partial charge is 0.490 e. The Morgan fingerprint density at radius 2 is 1.55 bits per heavy atom. The molecule has 1 N–H and O–H groups in total. The predicted molar refractivity (Wildman–Crippen MR) is 115 cm³/mol. The second-order valence-corrected chi connectivity index (χ2v) is 6.99. The highest BCUT2D eigenvalue weighted by atomic mass is 16.5. The quantitative estimate of drug-likeness (QED) is 0.578. The van der Waals surface area contributed by atoms with Gasteiger partial charge in [0.2, 0.25) is 0 Å². The first-order valence-corrected chi connectivity index (χ1v) is 10.3. The number of ether oxygens (including phenoxy) is 3. The molecule has 0 spiro atoms. The summed E-state index contributed by atoms with van der Waals surface area (Å²) < 4.78 is 17.7. The molecule has 1 heterocycles. The third kappa shape index (κ3) is 4.38. The van der Waals surface area contributed by atoms with Crippen LogP contribution in [0.2, 0.25) is 0 Å². The minimum atomic E-state index is 0.0907. The van der Waals surface area contributed by atoms with Gasteiger partial charge in [0.15, 0.2) is 11.5 Å². The van der Waals surface area contributed by atoms with Crippen molar-refractivity contribution in [3.63, 3.8) is 0 Å². The molecule has 1 aliphatic heterocycles. The molecule has 29 heavy (non-hydrogen) atoms. The lowest BCUT2D eigenvalue weighted by Crippen LogP contribution is -2.30. The summed E-state index contributed by atoms with van der Waals surface area (Å²) in [6, 6.07) is 22.5. The first kappa shape index (κ1) is 19.3. The van der Waals surface area contributed by atoms with Crippen molar-refractivity contribution in [2.24, 2.45) is 0 Å². The number of rotatable bonds is 7. The summed E-state index contributed by atoms with van der Waals surface area (Å²) in [7, 11) is 0. The highest BCUT2D eigenvalue weighted by Crippen LogP contribution is 2.38. The van der Waals surface area contributed by atoms with E-state index < -0.39 is 0 Å². The lowest BCUT2D eigenvalue weighted by atomic mass is 9.89. The van der Waals surface area contributed by atoms with E-state index in [1.807, 2.05) is 56.3 Å². The van der Waals surface area contributed by atoms with Crippen molar-refractivity contribution in [2.75, 3.05) is 19.8 Å². The van der Waals surface area contributed by atoms with Crippen molar-refractivity contribution < 1.29 is 14.2 Å². The number of nitrogens with one attached hydrogen (secondary N) is 1. The summed E-state index contributed by atoms with van der Waals surface area (Å²) in [5.41, 5.74) is 3.71. The van der Waals surface area contributed by atoms with E-state index in [0.717, 1.165) is 36.0 Å². The van der Waals surface area contributed by atoms with Crippen molar-refractivity contribution in [1.29, 1.82) is 0 Å². The second-order valence-electron chi connectivity index (χ2n) is 6.99. The van der Waals surface area contributed by atoms with Gasteiger partial charge in [-0.1, -0.05) is 30.3 Å². The van der Waals surface area contributed by atoms with Crippen LogP contribution in [0.5, 0.6) is 23.0 Å². The minimum absolute atomic E-state index is 0.0907. The van der Waals surface area contributed by atoms with Crippen LogP contribution in [0, 0.1) is 0 Å². The molecule has 0 saturated carbocycles. The lowest BCUT2D eigenvalue weighted by Gasteiger charge is -2.29.